The summed E-state index contributed by atoms with van der Waals surface area (Å²) in [6.07, 6.45) is 6.23. The molecule has 2 aromatic heterocycles. The van der Waals surface area contributed by atoms with Gasteiger partial charge >= 0.3 is 0 Å². The topological polar surface area (TPSA) is 98.5 Å². The van der Waals surface area contributed by atoms with Gasteiger partial charge in [-0.25, -0.2) is 0 Å². The van der Waals surface area contributed by atoms with Gasteiger partial charge in [0.1, 0.15) is 0 Å². The summed E-state index contributed by atoms with van der Waals surface area (Å²) in [5.74, 6) is 0.550. The summed E-state index contributed by atoms with van der Waals surface area (Å²) < 4.78 is 5.23. The highest BCUT2D eigenvalue weighted by Crippen LogP contribution is 2.39. The molecule has 134 valence electrons. The molecule has 8 nitrogen and oxygen atoms in total. The van der Waals surface area contributed by atoms with Gasteiger partial charge in [-0.05, 0) is 24.8 Å². The number of aliphatic hydroxyl groups is 1. The molecule has 1 aliphatic heterocycles. The van der Waals surface area contributed by atoms with Crippen LogP contribution in [0.1, 0.15) is 40.6 Å². The Kier molecular flexibility index (Phi) is 4.54. The minimum Gasteiger partial charge on any atom is -0.390 e. The summed E-state index contributed by atoms with van der Waals surface area (Å²) in [7, 11) is 0. The number of aliphatic hydroxyl groups excluding tert-OH is 1. The zero-order chi connectivity index (χ0) is 17.2. The zero-order valence-electron chi connectivity index (χ0n) is 14.1. The van der Waals surface area contributed by atoms with Gasteiger partial charge in [0.2, 0.25) is 5.76 Å². The van der Waals surface area contributed by atoms with Crippen molar-refractivity contribution in [3.8, 4) is 0 Å². The van der Waals surface area contributed by atoms with E-state index in [2.05, 4.69) is 20.3 Å². The first-order chi connectivity index (χ1) is 12.2. The van der Waals surface area contributed by atoms with Crippen LogP contribution in [0.15, 0.2) is 23.0 Å². The first-order valence-corrected chi connectivity index (χ1v) is 8.83. The molecule has 2 N–H and O–H groups in total. The number of hydrogen-bond acceptors (Lipinski definition) is 6. The van der Waals surface area contributed by atoms with Gasteiger partial charge in [0.05, 0.1) is 18.0 Å². The van der Waals surface area contributed by atoms with Crippen LogP contribution in [-0.2, 0) is 6.42 Å². The van der Waals surface area contributed by atoms with Crippen LogP contribution >= 0.6 is 0 Å². The normalized spacial score (nSPS) is 22.1. The number of nitrogens with zero attached hydrogens (tertiary/aromatic N) is 4. The van der Waals surface area contributed by atoms with Crippen LogP contribution in [0.3, 0.4) is 0 Å². The van der Waals surface area contributed by atoms with Crippen molar-refractivity contribution in [2.75, 3.05) is 32.7 Å². The molecule has 2 fully saturated rings. The van der Waals surface area contributed by atoms with E-state index in [1.807, 2.05) is 12.4 Å². The van der Waals surface area contributed by atoms with Crippen molar-refractivity contribution in [3.63, 3.8) is 0 Å². The fourth-order valence-corrected chi connectivity index (χ4v) is 3.26. The van der Waals surface area contributed by atoms with E-state index in [0.29, 0.717) is 25.6 Å². The van der Waals surface area contributed by atoms with Crippen molar-refractivity contribution in [2.45, 2.75) is 31.3 Å². The Morgan fingerprint density at radius 1 is 1.36 bits per heavy atom. The number of carbonyl (C=O) groups is 1. The third kappa shape index (κ3) is 3.91. The van der Waals surface area contributed by atoms with E-state index in [1.54, 1.807) is 11.0 Å². The lowest BCUT2D eigenvalue weighted by Crippen LogP contribution is -2.37. The molecule has 0 bridgehead atoms. The number of nitrogens with one attached hydrogen (secondary N) is 1. The average molecular weight is 345 g/mol. The quantitative estimate of drug-likeness (QED) is 0.825. The lowest BCUT2D eigenvalue weighted by Gasteiger charge is -2.20. The molecule has 2 aliphatic rings. The number of β-amino-alcohol motifs (C(OH)–C–C–N with tert-alkyl or cyclic N) is 1. The van der Waals surface area contributed by atoms with E-state index in [-0.39, 0.29) is 11.7 Å². The molecule has 0 radical (unpaired) electrons. The molecule has 1 saturated carbocycles. The Hall–Kier alpha value is -2.19. The second-order valence-electron chi connectivity index (χ2n) is 6.95. The number of hydrogen-bond donors (Lipinski definition) is 2. The maximum Gasteiger partial charge on any atom is 0.292 e. The summed E-state index contributed by atoms with van der Waals surface area (Å²) in [6.45, 7) is 3.00. The summed E-state index contributed by atoms with van der Waals surface area (Å²) in [5.41, 5.74) is 2.02. The van der Waals surface area contributed by atoms with Gasteiger partial charge in [0, 0.05) is 50.9 Å². The minimum atomic E-state index is -0.568. The molecule has 0 aromatic carbocycles. The molecule has 1 amide bonds. The molecular formula is C17H23N5O3. The first kappa shape index (κ1) is 16.3. The van der Waals surface area contributed by atoms with Crippen molar-refractivity contribution >= 4 is 5.91 Å². The van der Waals surface area contributed by atoms with Crippen LogP contribution in [0.25, 0.3) is 0 Å². The minimum absolute atomic E-state index is 0.185. The number of H-pyrrole nitrogens is 1. The summed E-state index contributed by atoms with van der Waals surface area (Å²) in [4.78, 5) is 16.5. The maximum atomic E-state index is 12.7. The van der Waals surface area contributed by atoms with E-state index < -0.39 is 6.10 Å². The molecule has 2 aromatic rings. The lowest BCUT2D eigenvalue weighted by molar-refractivity contribution is 0.0626. The predicted molar refractivity (Wildman–Crippen MR) is 89.1 cm³/mol. The Labute approximate surface area is 145 Å². The van der Waals surface area contributed by atoms with Crippen molar-refractivity contribution in [2.24, 2.45) is 0 Å². The van der Waals surface area contributed by atoms with Crippen molar-refractivity contribution in [1.82, 2.24) is 25.2 Å². The van der Waals surface area contributed by atoms with Crippen LogP contribution in [0, 0.1) is 0 Å². The third-order valence-corrected chi connectivity index (χ3v) is 4.88. The zero-order valence-corrected chi connectivity index (χ0v) is 14.1. The standard InChI is InChI=1S/C17H23N5O3/c23-14-10-21(4-3-12-8-18-19-9-12)5-6-22(11-14)17(24)16-7-15(20-25-16)13-1-2-13/h7-9,13-14,23H,1-6,10-11H2,(H,18,19). The molecule has 1 atom stereocenters. The van der Waals surface area contributed by atoms with Crippen molar-refractivity contribution < 1.29 is 14.4 Å². The van der Waals surface area contributed by atoms with Gasteiger partial charge in [0.25, 0.3) is 5.91 Å². The van der Waals surface area contributed by atoms with Crippen LogP contribution in [0.2, 0.25) is 0 Å². The fourth-order valence-electron chi connectivity index (χ4n) is 3.26. The number of rotatable bonds is 5. The third-order valence-electron chi connectivity index (χ3n) is 4.88. The molecular weight excluding hydrogens is 322 g/mol. The van der Waals surface area contributed by atoms with E-state index in [1.165, 1.54) is 0 Å². The predicted octanol–water partition coefficient (Wildman–Crippen LogP) is 0.637. The molecule has 8 heteroatoms. The van der Waals surface area contributed by atoms with Crippen LogP contribution < -0.4 is 0 Å². The van der Waals surface area contributed by atoms with Crippen molar-refractivity contribution in [1.29, 1.82) is 0 Å². The molecule has 1 saturated heterocycles. The highest BCUT2D eigenvalue weighted by molar-refractivity contribution is 5.91. The van der Waals surface area contributed by atoms with Crippen molar-refractivity contribution in [3.05, 3.63) is 35.5 Å². The van der Waals surface area contributed by atoms with Crippen LogP contribution in [-0.4, -0.2) is 75.0 Å². The van der Waals surface area contributed by atoms with E-state index in [0.717, 1.165) is 43.6 Å². The lowest BCUT2D eigenvalue weighted by atomic mass is 10.2. The van der Waals surface area contributed by atoms with Gasteiger partial charge in [-0.3, -0.25) is 14.8 Å². The molecule has 0 spiro atoms. The van der Waals surface area contributed by atoms with Crippen LogP contribution in [0.5, 0.6) is 0 Å². The highest BCUT2D eigenvalue weighted by Gasteiger charge is 2.31. The van der Waals surface area contributed by atoms with Crippen LogP contribution in [0.4, 0.5) is 0 Å². The van der Waals surface area contributed by atoms with Gasteiger partial charge in [-0.1, -0.05) is 5.16 Å². The highest BCUT2D eigenvalue weighted by atomic mass is 16.5. The second-order valence-corrected chi connectivity index (χ2v) is 6.95. The largest absolute Gasteiger partial charge is 0.390 e. The molecule has 25 heavy (non-hydrogen) atoms. The second kappa shape index (κ2) is 6.97. The van der Waals surface area contributed by atoms with E-state index >= 15 is 0 Å². The van der Waals surface area contributed by atoms with E-state index in [4.69, 9.17) is 4.52 Å². The van der Waals surface area contributed by atoms with Gasteiger partial charge in [-0.15, -0.1) is 0 Å². The van der Waals surface area contributed by atoms with E-state index in [9.17, 15) is 9.90 Å². The Balaban J connectivity index is 1.35. The van der Waals surface area contributed by atoms with Gasteiger partial charge in [-0.2, -0.15) is 5.10 Å². The van der Waals surface area contributed by atoms with Gasteiger partial charge < -0.3 is 14.5 Å². The Morgan fingerprint density at radius 2 is 2.24 bits per heavy atom. The SMILES string of the molecule is O=C(c1cc(C2CC2)no1)N1CCN(CCc2cn[nH]c2)CC(O)C1. The Morgan fingerprint density at radius 3 is 3.00 bits per heavy atom. The molecule has 3 heterocycles. The van der Waals surface area contributed by atoms with Gasteiger partial charge in [0.15, 0.2) is 0 Å². The smallest absolute Gasteiger partial charge is 0.292 e. The monoisotopic (exact) mass is 345 g/mol. The maximum absolute atomic E-state index is 12.7. The average Bonchev–Trinajstić information content (AvgIpc) is 3.17. The summed E-state index contributed by atoms with van der Waals surface area (Å²) >= 11 is 0. The summed E-state index contributed by atoms with van der Waals surface area (Å²) in [5, 5.41) is 21.0. The number of aromatic nitrogens is 3. The Bertz CT molecular complexity index is 710. The molecule has 4 rings (SSSR count). The summed E-state index contributed by atoms with van der Waals surface area (Å²) in [6, 6.07) is 1.76. The fraction of sp³-hybridized carbons (Fsp3) is 0.588. The first-order valence-electron chi connectivity index (χ1n) is 8.83. The number of amides is 1. The molecule has 1 unspecified atom stereocenters. The molecule has 1 aliphatic carbocycles. The number of aromatic amines is 1. The number of carbonyl (C=O) groups excluding carboxylic acids is 1.